The average molecular weight is 157 g/mol. The number of rotatable bonds is 1. The van der Waals surface area contributed by atoms with Crippen molar-refractivity contribution in [1.29, 1.82) is 0 Å². The number of halogens is 3. The third kappa shape index (κ3) is 7.97. The van der Waals surface area contributed by atoms with Gasteiger partial charge in [0.2, 0.25) is 0 Å². The van der Waals surface area contributed by atoms with Gasteiger partial charge in [-0.3, -0.25) is 4.98 Å². The van der Waals surface area contributed by atoms with Crippen LogP contribution in [0.3, 0.4) is 0 Å². The van der Waals surface area contributed by atoms with Crippen molar-refractivity contribution in [2.45, 2.75) is 25.9 Å². The molecule has 0 aliphatic carbocycles. The Morgan fingerprint density at radius 2 is 1.44 bits per heavy atom. The van der Waals surface area contributed by atoms with Gasteiger partial charge in [0.1, 0.15) is 8.24 Å². The van der Waals surface area contributed by atoms with Crippen LogP contribution in [0.25, 0.3) is 0 Å². The van der Waals surface area contributed by atoms with Crippen molar-refractivity contribution in [2.75, 3.05) is 0 Å². The zero-order chi connectivity index (χ0) is 7.71. The van der Waals surface area contributed by atoms with E-state index in [2.05, 4.69) is 0 Å². The molecule has 1 nitrogen and oxygen atoms in total. The van der Waals surface area contributed by atoms with Crippen molar-refractivity contribution >= 4 is 8.24 Å². The van der Waals surface area contributed by atoms with Gasteiger partial charge in [0, 0.05) is 0 Å². The van der Waals surface area contributed by atoms with E-state index < -0.39 is 14.5 Å². The molecule has 0 radical (unpaired) electrons. The van der Waals surface area contributed by atoms with Crippen molar-refractivity contribution in [3.63, 3.8) is 0 Å². The Bertz CT molecular complexity index is 81.0. The molecule has 1 N–H and O–H groups in total. The van der Waals surface area contributed by atoms with E-state index in [1.54, 1.807) is 24.6 Å². The molecule has 9 heavy (non-hydrogen) atoms. The van der Waals surface area contributed by atoms with Gasteiger partial charge in [0.05, 0.1) is 0 Å². The second kappa shape index (κ2) is 2.30. The number of hydrogen-bond acceptors (Lipinski definition) is 1. The minimum Gasteiger partial charge on any atom is -0.251 e. The summed E-state index contributed by atoms with van der Waals surface area (Å²) in [6.45, 7) is 4.79. The summed E-state index contributed by atoms with van der Waals surface area (Å²) in [5.41, 5.74) is 0. The fourth-order valence-corrected chi connectivity index (χ4v) is 1.28. The van der Waals surface area contributed by atoms with Gasteiger partial charge in [-0.05, 0) is 0 Å². The molecule has 0 saturated heterocycles. The second-order valence-corrected chi connectivity index (χ2v) is 7.62. The Labute approximate surface area is 53.3 Å². The van der Waals surface area contributed by atoms with Gasteiger partial charge in [-0.15, -0.1) is 0 Å². The van der Waals surface area contributed by atoms with Crippen LogP contribution < -0.4 is 4.98 Å². The van der Waals surface area contributed by atoms with Crippen LogP contribution in [0, 0.1) is 0 Å². The van der Waals surface area contributed by atoms with E-state index in [-0.39, 0.29) is 0 Å². The van der Waals surface area contributed by atoms with Crippen molar-refractivity contribution in [3.8, 4) is 0 Å². The van der Waals surface area contributed by atoms with E-state index in [0.29, 0.717) is 0 Å². The standard InChI is InChI=1S/C4H10F3NSi/c1-9(2,3)8-4(5,6)7/h8H,1-3H3. The highest BCUT2D eigenvalue weighted by molar-refractivity contribution is 6.73. The molecule has 0 fully saturated rings. The van der Waals surface area contributed by atoms with Crippen molar-refractivity contribution in [1.82, 2.24) is 4.98 Å². The predicted molar refractivity (Wildman–Crippen MR) is 32.5 cm³/mol. The van der Waals surface area contributed by atoms with Crippen molar-refractivity contribution in [3.05, 3.63) is 0 Å². The molecule has 0 aromatic heterocycles. The molecule has 0 aromatic rings. The van der Waals surface area contributed by atoms with E-state index in [1.807, 2.05) is 0 Å². The lowest BCUT2D eigenvalue weighted by Gasteiger charge is -2.19. The zero-order valence-electron chi connectivity index (χ0n) is 5.63. The highest BCUT2D eigenvalue weighted by Crippen LogP contribution is 2.13. The normalized spacial score (nSPS) is 14.0. The molecule has 0 spiro atoms. The lowest BCUT2D eigenvalue weighted by Crippen LogP contribution is -2.49. The van der Waals surface area contributed by atoms with Gasteiger partial charge in [-0.25, -0.2) is 0 Å². The fraction of sp³-hybridized carbons (Fsp3) is 1.00. The topological polar surface area (TPSA) is 12.0 Å². The fourth-order valence-electron chi connectivity index (χ4n) is 0.425. The zero-order valence-corrected chi connectivity index (χ0v) is 6.63. The van der Waals surface area contributed by atoms with Gasteiger partial charge >= 0.3 is 6.30 Å². The first-order valence-corrected chi connectivity index (χ1v) is 6.07. The first-order valence-electron chi connectivity index (χ1n) is 2.57. The highest BCUT2D eigenvalue weighted by atomic mass is 28.3. The number of hydrogen-bond donors (Lipinski definition) is 1. The molecule has 0 amide bonds. The maximum atomic E-state index is 11.5. The summed E-state index contributed by atoms with van der Waals surface area (Å²) in [7, 11) is -2.17. The van der Waals surface area contributed by atoms with E-state index in [9.17, 15) is 13.2 Å². The molecule has 0 aliphatic heterocycles. The smallest absolute Gasteiger partial charge is 0.251 e. The molecule has 0 bridgehead atoms. The molecular formula is C4H10F3NSi. The first-order chi connectivity index (χ1) is 3.71. The van der Waals surface area contributed by atoms with E-state index >= 15 is 0 Å². The van der Waals surface area contributed by atoms with Crippen LogP contribution in [0.2, 0.25) is 19.6 Å². The Morgan fingerprint density at radius 1 is 1.11 bits per heavy atom. The third-order valence-corrected chi connectivity index (χ3v) is 1.55. The molecule has 0 aliphatic rings. The molecule has 0 saturated carbocycles. The molecule has 0 unspecified atom stereocenters. The van der Waals surface area contributed by atoms with Crippen LogP contribution in [0.1, 0.15) is 0 Å². The lowest BCUT2D eigenvalue weighted by molar-refractivity contribution is -0.140. The minimum absolute atomic E-state index is 1.60. The molecule has 0 aromatic carbocycles. The van der Waals surface area contributed by atoms with Crippen LogP contribution in [0.4, 0.5) is 13.2 Å². The van der Waals surface area contributed by atoms with E-state index in [0.717, 1.165) is 0 Å². The van der Waals surface area contributed by atoms with Gasteiger partial charge in [0.25, 0.3) is 0 Å². The maximum absolute atomic E-state index is 11.5. The molecule has 0 atom stereocenters. The highest BCUT2D eigenvalue weighted by Gasteiger charge is 2.33. The van der Waals surface area contributed by atoms with Crippen LogP contribution in [0.5, 0.6) is 0 Å². The van der Waals surface area contributed by atoms with E-state index in [1.165, 1.54) is 0 Å². The summed E-state index contributed by atoms with van der Waals surface area (Å²) in [5.74, 6) is 0. The summed E-state index contributed by atoms with van der Waals surface area (Å²) in [6.07, 6.45) is -4.20. The monoisotopic (exact) mass is 157 g/mol. The molecule has 5 heteroatoms. The molecule has 56 valence electrons. The summed E-state index contributed by atoms with van der Waals surface area (Å²) >= 11 is 0. The summed E-state index contributed by atoms with van der Waals surface area (Å²) in [6, 6.07) is 0. The third-order valence-electron chi connectivity index (χ3n) is 0.517. The quantitative estimate of drug-likeness (QED) is 0.453. The van der Waals surface area contributed by atoms with Crippen molar-refractivity contribution in [2.24, 2.45) is 0 Å². The van der Waals surface area contributed by atoms with Crippen molar-refractivity contribution < 1.29 is 13.2 Å². The summed E-state index contributed by atoms with van der Waals surface area (Å²) in [4.78, 5) is 1.60. The average Bonchev–Trinajstić information content (AvgIpc) is 1.14. The number of nitrogens with one attached hydrogen (secondary N) is 1. The molecule has 0 rings (SSSR count). The number of alkyl halides is 3. The van der Waals surface area contributed by atoms with Gasteiger partial charge < -0.3 is 0 Å². The van der Waals surface area contributed by atoms with Crippen LogP contribution in [-0.2, 0) is 0 Å². The molecular weight excluding hydrogens is 147 g/mol. The van der Waals surface area contributed by atoms with Gasteiger partial charge in [-0.1, -0.05) is 19.6 Å². The van der Waals surface area contributed by atoms with Gasteiger partial charge in [0.15, 0.2) is 0 Å². The summed E-state index contributed by atoms with van der Waals surface area (Å²) < 4.78 is 34.4. The van der Waals surface area contributed by atoms with Crippen LogP contribution >= 0.6 is 0 Å². The van der Waals surface area contributed by atoms with Crippen LogP contribution in [-0.4, -0.2) is 14.5 Å². The molecule has 0 heterocycles. The Morgan fingerprint density at radius 3 is 1.44 bits per heavy atom. The van der Waals surface area contributed by atoms with E-state index in [4.69, 9.17) is 0 Å². The van der Waals surface area contributed by atoms with Crippen LogP contribution in [0.15, 0.2) is 0 Å². The maximum Gasteiger partial charge on any atom is 0.450 e. The minimum atomic E-state index is -4.20. The lowest BCUT2D eigenvalue weighted by atomic mass is 11.3. The Balaban J connectivity index is 3.75. The van der Waals surface area contributed by atoms with Gasteiger partial charge in [-0.2, -0.15) is 13.2 Å². The Hall–Kier alpha value is -0.0331. The second-order valence-electron chi connectivity index (χ2n) is 2.87. The predicted octanol–water partition coefficient (Wildman–Crippen LogP) is 1.93. The summed E-state index contributed by atoms with van der Waals surface area (Å²) in [5, 5.41) is 0. The largest absolute Gasteiger partial charge is 0.450 e. The SMILES string of the molecule is C[Si](C)(C)NC(F)(F)F. The Kier molecular flexibility index (Phi) is 2.29. The first kappa shape index (κ1) is 8.97.